The quantitative estimate of drug-likeness (QED) is 0.544. The number of allylic oxidation sites excluding steroid dienone is 5. The van der Waals surface area contributed by atoms with Crippen molar-refractivity contribution in [3.05, 3.63) is 57.3 Å². The first kappa shape index (κ1) is 21.9. The Hall–Kier alpha value is -2.36. The summed E-state index contributed by atoms with van der Waals surface area (Å²) in [5, 5.41) is 3.33. The van der Waals surface area contributed by atoms with Crippen molar-refractivity contribution in [3.8, 4) is 5.75 Å². The minimum absolute atomic E-state index is 0.0548. The average molecular weight is 461 g/mol. The number of thioether (sulfide) groups is 1. The Morgan fingerprint density at radius 1 is 1.06 bits per heavy atom. The van der Waals surface area contributed by atoms with Crippen LogP contribution in [0.3, 0.4) is 0 Å². The van der Waals surface area contributed by atoms with E-state index < -0.39 is 24.2 Å². The maximum absolute atomic E-state index is 12.8. The summed E-state index contributed by atoms with van der Waals surface area (Å²) in [6, 6.07) is 3.64. The van der Waals surface area contributed by atoms with Crippen LogP contribution in [0.1, 0.15) is 42.7 Å². The molecule has 10 heteroatoms. The summed E-state index contributed by atoms with van der Waals surface area (Å²) < 4.78 is 80.3. The van der Waals surface area contributed by atoms with Gasteiger partial charge in [-0.15, -0.1) is 24.9 Å². The predicted molar refractivity (Wildman–Crippen MR) is 104 cm³/mol. The zero-order valence-electron chi connectivity index (χ0n) is 16.0. The number of Topliss-reactive ketones (excluding diaryl/α,β-unsaturated/α-hetero) is 1. The van der Waals surface area contributed by atoms with Gasteiger partial charge in [-0.25, -0.2) is 0 Å². The lowest BCUT2D eigenvalue weighted by molar-refractivity contribution is -0.274. The fourth-order valence-corrected chi connectivity index (χ4v) is 5.37. The maximum atomic E-state index is 12.8. The Labute approximate surface area is 178 Å². The number of hydrogen-bond acceptors (Lipinski definition) is 4. The molecule has 1 aliphatic carbocycles. The predicted octanol–water partition coefficient (Wildman–Crippen LogP) is 6.20. The van der Waals surface area contributed by atoms with Gasteiger partial charge in [-0.2, -0.15) is 13.2 Å². The van der Waals surface area contributed by atoms with E-state index in [9.17, 15) is 31.1 Å². The molecule has 0 fully saturated rings. The highest BCUT2D eigenvalue weighted by Crippen LogP contribution is 2.50. The van der Waals surface area contributed by atoms with Crippen LogP contribution in [0.5, 0.6) is 5.75 Å². The number of rotatable bonds is 3. The highest BCUT2D eigenvalue weighted by molar-refractivity contribution is 8.03. The molecule has 0 saturated heterocycles. The average Bonchev–Trinajstić information content (AvgIpc) is 3.12. The second kappa shape index (κ2) is 7.96. The first-order valence-corrected chi connectivity index (χ1v) is 10.6. The van der Waals surface area contributed by atoms with E-state index in [1.807, 2.05) is 0 Å². The van der Waals surface area contributed by atoms with Crippen molar-refractivity contribution in [2.75, 3.05) is 5.75 Å². The van der Waals surface area contributed by atoms with E-state index in [1.165, 1.54) is 12.1 Å². The number of hydrogen-bond donors (Lipinski definition) is 1. The van der Waals surface area contributed by atoms with Gasteiger partial charge in [0.1, 0.15) is 5.75 Å². The summed E-state index contributed by atoms with van der Waals surface area (Å²) in [5.41, 5.74) is 2.41. The highest BCUT2D eigenvalue weighted by atomic mass is 32.2. The van der Waals surface area contributed by atoms with Gasteiger partial charge in [-0.1, -0.05) is 6.07 Å². The monoisotopic (exact) mass is 461 g/mol. The molecule has 0 radical (unpaired) electrons. The van der Waals surface area contributed by atoms with Crippen LogP contribution >= 0.6 is 11.8 Å². The van der Waals surface area contributed by atoms with Crippen molar-refractivity contribution >= 4 is 23.6 Å². The van der Waals surface area contributed by atoms with E-state index in [4.69, 9.17) is 0 Å². The first-order chi connectivity index (χ1) is 14.5. The Morgan fingerprint density at radius 3 is 2.55 bits per heavy atom. The number of ketones is 1. The van der Waals surface area contributed by atoms with Crippen molar-refractivity contribution in [1.29, 1.82) is 0 Å². The number of dihydropyridines is 1. The van der Waals surface area contributed by atoms with E-state index in [1.54, 1.807) is 11.8 Å². The van der Waals surface area contributed by atoms with Gasteiger partial charge in [0, 0.05) is 51.6 Å². The summed E-state index contributed by atoms with van der Waals surface area (Å²) in [4.78, 5) is 13.6. The number of ether oxygens (including phenoxy) is 1. The van der Waals surface area contributed by atoms with Crippen LogP contribution in [0.15, 0.2) is 46.1 Å². The van der Waals surface area contributed by atoms with Gasteiger partial charge in [-0.3, -0.25) is 4.79 Å². The third-order valence-corrected chi connectivity index (χ3v) is 6.46. The van der Waals surface area contributed by atoms with Crippen LogP contribution in [0.25, 0.3) is 6.08 Å². The molecule has 1 atom stereocenters. The lowest BCUT2D eigenvalue weighted by Crippen LogP contribution is -2.30. The molecule has 0 amide bonds. The number of nitrogens with one attached hydrogen (secondary N) is 1. The lowest BCUT2D eigenvalue weighted by atomic mass is 9.79. The molecular formula is C21H17F6NO2S. The molecule has 31 heavy (non-hydrogen) atoms. The van der Waals surface area contributed by atoms with Gasteiger partial charge in [-0.05, 0) is 43.0 Å². The molecule has 1 aromatic carbocycles. The topological polar surface area (TPSA) is 38.3 Å². The second-order valence-electron chi connectivity index (χ2n) is 7.39. The number of alkyl halides is 6. The minimum atomic E-state index is -5.05. The molecule has 166 valence electrons. The fraction of sp³-hybridized carbons (Fsp3) is 0.381. The summed E-state index contributed by atoms with van der Waals surface area (Å²) in [5.74, 6) is -0.507. The van der Waals surface area contributed by atoms with Crippen LogP contribution in [0.2, 0.25) is 0 Å². The van der Waals surface area contributed by atoms with Crippen molar-refractivity contribution < 1.29 is 35.9 Å². The zero-order chi connectivity index (χ0) is 22.4. The first-order valence-electron chi connectivity index (χ1n) is 9.56. The molecule has 0 aromatic heterocycles. The molecule has 2 heterocycles. The van der Waals surface area contributed by atoms with Gasteiger partial charge < -0.3 is 10.1 Å². The van der Waals surface area contributed by atoms with Crippen LogP contribution in [-0.2, 0) is 4.79 Å². The SMILES string of the molecule is O=C1CCCC2=C1C(c1ccc(OC(F)(F)F)c(C=CC(F)(F)F)c1)C1=C(CCS1)N2. The van der Waals surface area contributed by atoms with Gasteiger partial charge in [0.05, 0.1) is 0 Å². The zero-order valence-corrected chi connectivity index (χ0v) is 16.8. The Morgan fingerprint density at radius 2 is 1.84 bits per heavy atom. The van der Waals surface area contributed by atoms with Crippen LogP contribution in [0, 0.1) is 0 Å². The van der Waals surface area contributed by atoms with E-state index in [2.05, 4.69) is 10.1 Å². The molecule has 1 unspecified atom stereocenters. The number of carbonyl (C=O) groups is 1. The van der Waals surface area contributed by atoms with E-state index in [0.29, 0.717) is 36.5 Å². The largest absolute Gasteiger partial charge is 0.573 e. The van der Waals surface area contributed by atoms with Crippen molar-refractivity contribution in [2.45, 2.75) is 44.1 Å². The molecule has 4 rings (SSSR count). The van der Waals surface area contributed by atoms with Crippen LogP contribution in [0.4, 0.5) is 26.3 Å². The van der Waals surface area contributed by atoms with Crippen molar-refractivity contribution in [3.63, 3.8) is 0 Å². The Bertz CT molecular complexity index is 1010. The molecule has 0 spiro atoms. The molecule has 0 bridgehead atoms. The van der Waals surface area contributed by atoms with E-state index >= 15 is 0 Å². The minimum Gasteiger partial charge on any atom is -0.405 e. The molecule has 3 nitrogen and oxygen atoms in total. The van der Waals surface area contributed by atoms with Crippen LogP contribution in [-0.4, -0.2) is 24.1 Å². The normalized spacial score (nSPS) is 22.0. The Balaban J connectivity index is 1.82. The van der Waals surface area contributed by atoms with Crippen LogP contribution < -0.4 is 10.1 Å². The van der Waals surface area contributed by atoms with E-state index in [0.717, 1.165) is 34.5 Å². The maximum Gasteiger partial charge on any atom is 0.573 e. The van der Waals surface area contributed by atoms with Crippen molar-refractivity contribution in [2.24, 2.45) is 0 Å². The smallest absolute Gasteiger partial charge is 0.405 e. The molecule has 0 saturated carbocycles. The summed E-state index contributed by atoms with van der Waals surface area (Å²) in [6.07, 6.45) is -6.84. The number of carbonyl (C=O) groups excluding carboxylic acids is 1. The number of halogens is 6. The number of benzene rings is 1. The molecule has 2 aliphatic heterocycles. The van der Waals surface area contributed by atoms with E-state index in [-0.39, 0.29) is 17.4 Å². The highest BCUT2D eigenvalue weighted by Gasteiger charge is 2.39. The third kappa shape index (κ3) is 4.78. The van der Waals surface area contributed by atoms with Gasteiger partial charge in [0.15, 0.2) is 5.78 Å². The molecule has 1 N–H and O–H groups in total. The second-order valence-corrected chi connectivity index (χ2v) is 8.52. The van der Waals surface area contributed by atoms with Gasteiger partial charge in [0.2, 0.25) is 0 Å². The Kier molecular flexibility index (Phi) is 5.61. The summed E-state index contributed by atoms with van der Waals surface area (Å²) in [6.45, 7) is 0. The molecular weight excluding hydrogens is 444 g/mol. The van der Waals surface area contributed by atoms with Gasteiger partial charge in [0.25, 0.3) is 0 Å². The van der Waals surface area contributed by atoms with Gasteiger partial charge >= 0.3 is 12.5 Å². The standard InChI is InChI=1S/C21H17F6NO2S/c22-20(23,24)8-6-11-10-12(4-5-16(11)30-21(25,26)27)17-18-13(2-1-3-15(18)29)28-14-7-9-31-19(14)17/h4-6,8,10,17,28H,1-3,7,9H2. The molecule has 1 aromatic rings. The third-order valence-electron chi connectivity index (χ3n) is 5.26. The summed E-state index contributed by atoms with van der Waals surface area (Å²) >= 11 is 1.55. The van der Waals surface area contributed by atoms with Crippen molar-refractivity contribution in [1.82, 2.24) is 5.32 Å². The molecule has 3 aliphatic rings. The lowest BCUT2D eigenvalue weighted by Gasteiger charge is -2.33. The fourth-order valence-electron chi connectivity index (χ4n) is 4.09. The summed E-state index contributed by atoms with van der Waals surface area (Å²) in [7, 11) is 0.